The molecular weight excluding hydrogens is 226 g/mol. The molecule has 4 N–H and O–H groups in total. The first kappa shape index (κ1) is 12.5. The van der Waals surface area contributed by atoms with Gasteiger partial charge in [0.2, 0.25) is 5.91 Å². The van der Waals surface area contributed by atoms with Gasteiger partial charge in [-0.1, -0.05) is 5.16 Å². The van der Waals surface area contributed by atoms with Crippen molar-refractivity contribution < 1.29 is 10.0 Å². The maximum atomic E-state index is 11.4. The zero-order valence-electron chi connectivity index (χ0n) is 8.85. The number of amidine groups is 1. The minimum atomic E-state index is -0.00194. The van der Waals surface area contributed by atoms with Crippen LogP contribution in [-0.4, -0.2) is 23.5 Å². The van der Waals surface area contributed by atoms with Crippen molar-refractivity contribution in [1.29, 1.82) is 0 Å². The van der Waals surface area contributed by atoms with Gasteiger partial charge in [0.25, 0.3) is 0 Å². The van der Waals surface area contributed by atoms with Crippen LogP contribution in [0, 0.1) is 0 Å². The maximum absolute atomic E-state index is 11.4. The SMILES string of the molecule is NC(CCCNC(=O)Cc1ccsc1)=NO. The number of hydrogen-bond donors (Lipinski definition) is 3. The van der Waals surface area contributed by atoms with E-state index in [0.717, 1.165) is 5.56 Å². The van der Waals surface area contributed by atoms with Crippen LogP contribution >= 0.6 is 11.3 Å². The fraction of sp³-hybridized carbons (Fsp3) is 0.400. The molecule has 0 atom stereocenters. The van der Waals surface area contributed by atoms with E-state index >= 15 is 0 Å². The predicted octanol–water partition coefficient (Wildman–Crippen LogP) is 0.933. The van der Waals surface area contributed by atoms with Gasteiger partial charge in [0.05, 0.1) is 6.42 Å². The second-order valence-corrected chi connectivity index (χ2v) is 4.13. The van der Waals surface area contributed by atoms with E-state index in [1.165, 1.54) is 0 Å². The normalized spacial score (nSPS) is 11.4. The molecule has 1 aromatic rings. The summed E-state index contributed by atoms with van der Waals surface area (Å²) in [5, 5.41) is 17.8. The molecule has 0 radical (unpaired) electrons. The first-order chi connectivity index (χ1) is 7.72. The average Bonchev–Trinajstić information content (AvgIpc) is 2.76. The molecule has 1 rings (SSSR count). The standard InChI is InChI=1S/C10H15N3O2S/c11-9(13-15)2-1-4-12-10(14)6-8-3-5-16-7-8/h3,5,7,15H,1-2,4,6H2,(H2,11,13)(H,12,14). The third-order valence-electron chi connectivity index (χ3n) is 2.01. The first-order valence-corrected chi connectivity index (χ1v) is 5.91. The molecule has 0 aliphatic heterocycles. The van der Waals surface area contributed by atoms with Crippen LogP contribution in [-0.2, 0) is 11.2 Å². The molecule has 16 heavy (non-hydrogen) atoms. The third kappa shape index (κ3) is 4.79. The van der Waals surface area contributed by atoms with Gasteiger partial charge in [-0.3, -0.25) is 4.79 Å². The molecule has 88 valence electrons. The Balaban J connectivity index is 2.11. The van der Waals surface area contributed by atoms with Crippen LogP contribution in [0.2, 0.25) is 0 Å². The van der Waals surface area contributed by atoms with Crippen molar-refractivity contribution >= 4 is 23.1 Å². The average molecular weight is 241 g/mol. The molecule has 0 spiro atoms. The van der Waals surface area contributed by atoms with E-state index in [-0.39, 0.29) is 11.7 Å². The number of thiophene rings is 1. The molecule has 0 fully saturated rings. The highest BCUT2D eigenvalue weighted by atomic mass is 32.1. The lowest BCUT2D eigenvalue weighted by Crippen LogP contribution is -2.26. The molecule has 5 nitrogen and oxygen atoms in total. The van der Waals surface area contributed by atoms with Crippen LogP contribution in [0.15, 0.2) is 22.0 Å². The molecular formula is C10H15N3O2S. The number of nitrogens with zero attached hydrogens (tertiary/aromatic N) is 1. The Hall–Kier alpha value is -1.56. The van der Waals surface area contributed by atoms with E-state index in [9.17, 15) is 4.79 Å². The lowest BCUT2D eigenvalue weighted by molar-refractivity contribution is -0.120. The van der Waals surface area contributed by atoms with Crippen LogP contribution in [0.3, 0.4) is 0 Å². The minimum absolute atomic E-state index is 0.00194. The van der Waals surface area contributed by atoms with E-state index in [1.54, 1.807) is 11.3 Å². The van der Waals surface area contributed by atoms with Crippen molar-refractivity contribution in [1.82, 2.24) is 5.32 Å². The molecule has 1 amide bonds. The Bertz CT molecular complexity index is 349. The Labute approximate surface area is 98.0 Å². The summed E-state index contributed by atoms with van der Waals surface area (Å²) in [6.45, 7) is 0.541. The monoisotopic (exact) mass is 241 g/mol. The molecule has 0 saturated heterocycles. The Kier molecular flexibility index (Phi) is 5.35. The molecule has 0 aliphatic carbocycles. The van der Waals surface area contributed by atoms with Crippen molar-refractivity contribution in [3.63, 3.8) is 0 Å². The van der Waals surface area contributed by atoms with E-state index < -0.39 is 0 Å². The molecule has 1 heterocycles. The van der Waals surface area contributed by atoms with E-state index in [4.69, 9.17) is 10.9 Å². The zero-order valence-corrected chi connectivity index (χ0v) is 9.67. The van der Waals surface area contributed by atoms with Gasteiger partial charge < -0.3 is 16.3 Å². The van der Waals surface area contributed by atoms with Crippen LogP contribution in [0.25, 0.3) is 0 Å². The summed E-state index contributed by atoms with van der Waals surface area (Å²) >= 11 is 1.58. The van der Waals surface area contributed by atoms with Crippen LogP contribution in [0.1, 0.15) is 18.4 Å². The van der Waals surface area contributed by atoms with E-state index in [0.29, 0.717) is 25.8 Å². The second-order valence-electron chi connectivity index (χ2n) is 3.35. The quantitative estimate of drug-likeness (QED) is 0.228. The smallest absolute Gasteiger partial charge is 0.224 e. The number of nitrogens with one attached hydrogen (secondary N) is 1. The number of carbonyl (C=O) groups is 1. The molecule has 0 aliphatic rings. The van der Waals surface area contributed by atoms with Gasteiger partial charge in [0, 0.05) is 13.0 Å². The van der Waals surface area contributed by atoms with Crippen LogP contribution in [0.4, 0.5) is 0 Å². The lowest BCUT2D eigenvalue weighted by Gasteiger charge is -2.03. The minimum Gasteiger partial charge on any atom is -0.409 e. The first-order valence-electron chi connectivity index (χ1n) is 4.96. The van der Waals surface area contributed by atoms with Gasteiger partial charge in [0.15, 0.2) is 0 Å². The highest BCUT2D eigenvalue weighted by Crippen LogP contribution is 2.06. The van der Waals surface area contributed by atoms with E-state index in [1.807, 2.05) is 16.8 Å². The summed E-state index contributed by atoms with van der Waals surface area (Å²) < 4.78 is 0. The number of oxime groups is 1. The maximum Gasteiger partial charge on any atom is 0.224 e. The molecule has 0 bridgehead atoms. The predicted molar refractivity (Wildman–Crippen MR) is 63.7 cm³/mol. The van der Waals surface area contributed by atoms with Gasteiger partial charge in [-0.15, -0.1) is 0 Å². The fourth-order valence-corrected chi connectivity index (χ4v) is 1.86. The van der Waals surface area contributed by atoms with Crippen molar-refractivity contribution in [2.24, 2.45) is 10.9 Å². The molecule has 0 saturated carbocycles. The largest absolute Gasteiger partial charge is 0.409 e. The van der Waals surface area contributed by atoms with Gasteiger partial charge in [-0.05, 0) is 28.8 Å². The topological polar surface area (TPSA) is 87.7 Å². The van der Waals surface area contributed by atoms with Gasteiger partial charge >= 0.3 is 0 Å². The lowest BCUT2D eigenvalue weighted by atomic mass is 10.2. The summed E-state index contributed by atoms with van der Waals surface area (Å²) in [7, 11) is 0. The van der Waals surface area contributed by atoms with Crippen LogP contribution in [0.5, 0.6) is 0 Å². The summed E-state index contributed by atoms with van der Waals surface area (Å²) in [5.74, 6) is 0.185. The number of nitrogens with two attached hydrogens (primary N) is 1. The summed E-state index contributed by atoms with van der Waals surface area (Å²) in [6.07, 6.45) is 1.56. The second kappa shape index (κ2) is 6.84. The number of rotatable bonds is 6. The van der Waals surface area contributed by atoms with Crippen molar-refractivity contribution in [2.75, 3.05) is 6.54 Å². The summed E-state index contributed by atoms with van der Waals surface area (Å²) in [5.41, 5.74) is 6.31. The highest BCUT2D eigenvalue weighted by molar-refractivity contribution is 7.07. The van der Waals surface area contributed by atoms with Crippen LogP contribution < -0.4 is 11.1 Å². The number of amides is 1. The zero-order chi connectivity index (χ0) is 11.8. The molecule has 1 aromatic heterocycles. The van der Waals surface area contributed by atoms with Gasteiger partial charge in [-0.2, -0.15) is 11.3 Å². The summed E-state index contributed by atoms with van der Waals surface area (Å²) in [4.78, 5) is 11.4. The van der Waals surface area contributed by atoms with E-state index in [2.05, 4.69) is 10.5 Å². The van der Waals surface area contributed by atoms with Crippen molar-refractivity contribution in [3.8, 4) is 0 Å². The molecule has 0 unspecified atom stereocenters. The van der Waals surface area contributed by atoms with Crippen molar-refractivity contribution in [3.05, 3.63) is 22.4 Å². The molecule has 0 aromatic carbocycles. The Morgan fingerprint density at radius 1 is 1.62 bits per heavy atom. The fourth-order valence-electron chi connectivity index (χ4n) is 1.19. The van der Waals surface area contributed by atoms with Gasteiger partial charge in [0.1, 0.15) is 5.84 Å². The number of hydrogen-bond acceptors (Lipinski definition) is 4. The Morgan fingerprint density at radius 3 is 3.06 bits per heavy atom. The molecule has 6 heteroatoms. The third-order valence-corrected chi connectivity index (χ3v) is 2.74. The Morgan fingerprint density at radius 2 is 2.44 bits per heavy atom. The van der Waals surface area contributed by atoms with Crippen molar-refractivity contribution in [2.45, 2.75) is 19.3 Å². The number of carbonyl (C=O) groups excluding carboxylic acids is 1. The highest BCUT2D eigenvalue weighted by Gasteiger charge is 2.02. The summed E-state index contributed by atoms with van der Waals surface area (Å²) in [6, 6.07) is 1.93. The van der Waals surface area contributed by atoms with Gasteiger partial charge in [-0.25, -0.2) is 0 Å².